The van der Waals surface area contributed by atoms with Gasteiger partial charge in [-0.2, -0.15) is 0 Å². The van der Waals surface area contributed by atoms with Crippen molar-refractivity contribution in [1.82, 2.24) is 5.32 Å². The number of carbonyl (C=O) groups excluding carboxylic acids is 3. The smallest absolute Gasteiger partial charge is 0.408 e. The van der Waals surface area contributed by atoms with Crippen molar-refractivity contribution in [1.29, 1.82) is 0 Å². The number of nitrogens with one attached hydrogen (secondary N) is 1. The molecule has 0 fully saturated rings. The van der Waals surface area contributed by atoms with Crippen LogP contribution in [0.5, 0.6) is 0 Å². The molecule has 0 radical (unpaired) electrons. The third-order valence-corrected chi connectivity index (χ3v) is 3.60. The van der Waals surface area contributed by atoms with Gasteiger partial charge in [0.25, 0.3) is 0 Å². The number of ether oxygens (including phenoxy) is 3. The second-order valence-electron chi connectivity index (χ2n) is 7.79. The zero-order valence-electron chi connectivity index (χ0n) is 17.3. The lowest BCUT2D eigenvalue weighted by Gasteiger charge is -2.21. The molecule has 0 spiro atoms. The molecule has 0 aromatic heterocycles. The van der Waals surface area contributed by atoms with Crippen molar-refractivity contribution in [2.24, 2.45) is 5.92 Å². The molecular formula is C21H31NO6. The molecule has 0 heterocycles. The molecule has 0 bridgehead atoms. The molecule has 0 aliphatic heterocycles. The van der Waals surface area contributed by atoms with E-state index < -0.39 is 23.7 Å². The van der Waals surface area contributed by atoms with Gasteiger partial charge in [0, 0.05) is 6.42 Å². The highest BCUT2D eigenvalue weighted by Gasteiger charge is 2.26. The predicted molar refractivity (Wildman–Crippen MR) is 104 cm³/mol. The van der Waals surface area contributed by atoms with E-state index in [1.807, 2.05) is 30.3 Å². The summed E-state index contributed by atoms with van der Waals surface area (Å²) in [5.41, 5.74) is 0.309. The maximum absolute atomic E-state index is 12.3. The third-order valence-electron chi connectivity index (χ3n) is 3.60. The quantitative estimate of drug-likeness (QED) is 0.392. The van der Waals surface area contributed by atoms with Gasteiger partial charge in [-0.05, 0) is 38.7 Å². The number of hydrogen-bond acceptors (Lipinski definition) is 6. The van der Waals surface area contributed by atoms with Gasteiger partial charge in [-0.1, -0.05) is 44.2 Å². The van der Waals surface area contributed by atoms with Crippen LogP contribution in [0.3, 0.4) is 0 Å². The van der Waals surface area contributed by atoms with Crippen molar-refractivity contribution in [2.75, 3.05) is 6.61 Å². The summed E-state index contributed by atoms with van der Waals surface area (Å²) in [5, 5.41) is 2.54. The average molecular weight is 393 g/mol. The second-order valence-corrected chi connectivity index (χ2v) is 7.79. The lowest BCUT2D eigenvalue weighted by molar-refractivity contribution is -0.156. The van der Waals surface area contributed by atoms with Crippen LogP contribution >= 0.6 is 0 Å². The van der Waals surface area contributed by atoms with E-state index >= 15 is 0 Å². The lowest BCUT2D eigenvalue weighted by Crippen LogP contribution is -2.45. The van der Waals surface area contributed by atoms with Crippen molar-refractivity contribution in [2.45, 2.75) is 65.7 Å². The van der Waals surface area contributed by atoms with E-state index in [-0.39, 0.29) is 31.5 Å². The molecule has 1 amide bonds. The van der Waals surface area contributed by atoms with Gasteiger partial charge in [0.2, 0.25) is 0 Å². The van der Waals surface area contributed by atoms with Gasteiger partial charge in [0.15, 0.2) is 0 Å². The largest absolute Gasteiger partial charge is 0.464 e. The van der Waals surface area contributed by atoms with Crippen molar-refractivity contribution >= 4 is 18.0 Å². The molecule has 1 aromatic carbocycles. The molecule has 1 N–H and O–H groups in total. The summed E-state index contributed by atoms with van der Waals surface area (Å²) in [7, 11) is 0. The molecule has 1 atom stereocenters. The van der Waals surface area contributed by atoms with Crippen molar-refractivity contribution in [3.05, 3.63) is 35.9 Å². The maximum atomic E-state index is 12.3. The molecular weight excluding hydrogens is 362 g/mol. The highest BCUT2D eigenvalue weighted by molar-refractivity contribution is 5.81. The first-order chi connectivity index (χ1) is 13.1. The van der Waals surface area contributed by atoms with Gasteiger partial charge in [-0.3, -0.25) is 4.79 Å². The highest BCUT2D eigenvalue weighted by Crippen LogP contribution is 2.10. The fourth-order valence-corrected chi connectivity index (χ4v) is 2.26. The molecule has 0 saturated heterocycles. The van der Waals surface area contributed by atoms with E-state index in [1.54, 1.807) is 34.6 Å². The van der Waals surface area contributed by atoms with Crippen LogP contribution in [0.25, 0.3) is 0 Å². The zero-order chi connectivity index (χ0) is 21.2. The molecule has 0 aliphatic carbocycles. The monoisotopic (exact) mass is 393 g/mol. The van der Waals surface area contributed by atoms with Crippen molar-refractivity contribution in [3.8, 4) is 0 Å². The molecule has 7 nitrogen and oxygen atoms in total. The van der Waals surface area contributed by atoms with Crippen LogP contribution in [-0.4, -0.2) is 36.3 Å². The fraction of sp³-hybridized carbons (Fsp3) is 0.571. The van der Waals surface area contributed by atoms with Crippen LogP contribution in [0.2, 0.25) is 0 Å². The maximum Gasteiger partial charge on any atom is 0.408 e. The molecule has 1 rings (SSSR count). The number of amides is 1. The Balaban J connectivity index is 2.38. The summed E-state index contributed by atoms with van der Waals surface area (Å²) in [5.74, 6) is -1.08. The van der Waals surface area contributed by atoms with Crippen molar-refractivity contribution < 1.29 is 28.6 Å². The number of alkyl carbamates (subject to hydrolysis) is 1. The first-order valence-electron chi connectivity index (χ1n) is 9.44. The predicted octanol–water partition coefficient (Wildman–Crippen LogP) is 3.60. The van der Waals surface area contributed by atoms with E-state index in [0.717, 1.165) is 5.56 Å². The molecule has 1 aromatic rings. The van der Waals surface area contributed by atoms with Gasteiger partial charge in [-0.25, -0.2) is 9.59 Å². The Hall–Kier alpha value is -2.57. The minimum Gasteiger partial charge on any atom is -0.464 e. The van der Waals surface area contributed by atoms with E-state index in [2.05, 4.69) is 5.32 Å². The Morgan fingerprint density at radius 2 is 1.68 bits per heavy atom. The van der Waals surface area contributed by atoms with Gasteiger partial charge in [-0.15, -0.1) is 0 Å². The minimum atomic E-state index is -0.829. The Kier molecular flexibility index (Phi) is 9.48. The Morgan fingerprint density at radius 3 is 2.25 bits per heavy atom. The lowest BCUT2D eigenvalue weighted by atomic mass is 10.1. The number of esters is 2. The highest BCUT2D eigenvalue weighted by atomic mass is 16.6. The summed E-state index contributed by atoms with van der Waals surface area (Å²) in [4.78, 5) is 35.9. The summed E-state index contributed by atoms with van der Waals surface area (Å²) >= 11 is 0. The van der Waals surface area contributed by atoms with Crippen LogP contribution < -0.4 is 5.32 Å². The van der Waals surface area contributed by atoms with E-state index in [4.69, 9.17) is 14.2 Å². The van der Waals surface area contributed by atoms with Crippen LogP contribution in [0.15, 0.2) is 30.3 Å². The van der Waals surface area contributed by atoms with E-state index in [9.17, 15) is 14.4 Å². The molecule has 0 aliphatic rings. The fourth-order valence-electron chi connectivity index (χ4n) is 2.26. The summed E-state index contributed by atoms with van der Waals surface area (Å²) in [6.45, 7) is 9.15. The molecule has 0 saturated carbocycles. The Morgan fingerprint density at radius 1 is 1.04 bits per heavy atom. The summed E-state index contributed by atoms with van der Waals surface area (Å²) in [6, 6.07) is 8.42. The first-order valence-corrected chi connectivity index (χ1v) is 9.44. The normalized spacial score (nSPS) is 12.2. The third kappa shape index (κ3) is 9.94. The summed E-state index contributed by atoms with van der Waals surface area (Å²) in [6.07, 6.45) is -0.179. The van der Waals surface area contributed by atoms with Gasteiger partial charge >= 0.3 is 18.0 Å². The number of hydrogen-bond donors (Lipinski definition) is 1. The standard InChI is InChI=1S/C21H31NO6/c1-15(2)18(22-20(25)27-14-16-10-7-6-8-11-16)19(24)26-13-9-12-17(23)28-21(3,4)5/h6-8,10-11,15,18H,9,12-14H2,1-5H3,(H,22,25). The molecule has 28 heavy (non-hydrogen) atoms. The van der Waals surface area contributed by atoms with Crippen LogP contribution in [0.1, 0.15) is 53.0 Å². The Labute approximate surface area is 166 Å². The average Bonchev–Trinajstić information content (AvgIpc) is 2.60. The molecule has 1 unspecified atom stereocenters. The first kappa shape index (κ1) is 23.5. The second kappa shape index (κ2) is 11.3. The van der Waals surface area contributed by atoms with Crippen LogP contribution in [0, 0.1) is 5.92 Å². The van der Waals surface area contributed by atoms with E-state index in [0.29, 0.717) is 6.42 Å². The Bertz CT molecular complexity index is 636. The van der Waals surface area contributed by atoms with Gasteiger partial charge in [0.05, 0.1) is 6.61 Å². The molecule has 7 heteroatoms. The van der Waals surface area contributed by atoms with Crippen LogP contribution in [-0.2, 0) is 30.4 Å². The number of carbonyl (C=O) groups is 3. The SMILES string of the molecule is CC(C)C(NC(=O)OCc1ccccc1)C(=O)OCCCC(=O)OC(C)(C)C. The van der Waals surface area contributed by atoms with Crippen LogP contribution in [0.4, 0.5) is 4.79 Å². The van der Waals surface area contributed by atoms with E-state index in [1.165, 1.54) is 0 Å². The summed E-state index contributed by atoms with van der Waals surface area (Å²) < 4.78 is 15.5. The van der Waals surface area contributed by atoms with Crippen molar-refractivity contribution in [3.63, 3.8) is 0 Å². The number of rotatable bonds is 9. The molecule has 156 valence electrons. The zero-order valence-corrected chi connectivity index (χ0v) is 17.3. The van der Waals surface area contributed by atoms with Gasteiger partial charge < -0.3 is 19.5 Å². The van der Waals surface area contributed by atoms with Gasteiger partial charge in [0.1, 0.15) is 18.2 Å². The minimum absolute atomic E-state index is 0.0715. The topological polar surface area (TPSA) is 90.9 Å². The number of benzene rings is 1.